The molecular weight excluding hydrogens is 354 g/mol. The molecule has 146 valence electrons. The van der Waals surface area contributed by atoms with Gasteiger partial charge in [0.05, 0.1) is 0 Å². The zero-order valence-corrected chi connectivity index (χ0v) is 16.0. The minimum atomic E-state index is -0.654. The molecule has 1 aliphatic heterocycles. The third-order valence-corrected chi connectivity index (χ3v) is 4.96. The van der Waals surface area contributed by atoms with Crippen LogP contribution in [0.3, 0.4) is 0 Å². The van der Waals surface area contributed by atoms with E-state index in [0.29, 0.717) is 38.2 Å². The van der Waals surface area contributed by atoms with Crippen molar-refractivity contribution in [3.8, 4) is 0 Å². The zero-order valence-electron chi connectivity index (χ0n) is 16.0. The maximum Gasteiger partial charge on any atom is 0.251 e. The third kappa shape index (κ3) is 4.97. The molecule has 1 atom stereocenters. The number of benzene rings is 2. The molecule has 3 amide bonds. The standard InChI is InChI=1S/C22H25N3O3/c1-17(26)24-12-14-25(15-13-24)22(28)20(16-18-8-4-2-5-9-18)23-21(27)19-10-6-3-7-11-19/h2-11,20H,12-16H2,1H3,(H,23,27)/t20-/m0/s1. The van der Waals surface area contributed by atoms with E-state index >= 15 is 0 Å². The van der Waals surface area contributed by atoms with Gasteiger partial charge in [-0.25, -0.2) is 0 Å². The molecule has 0 saturated carbocycles. The number of nitrogens with one attached hydrogen (secondary N) is 1. The molecule has 28 heavy (non-hydrogen) atoms. The largest absolute Gasteiger partial charge is 0.340 e. The minimum Gasteiger partial charge on any atom is -0.340 e. The number of rotatable bonds is 5. The Morgan fingerprint density at radius 1 is 0.857 bits per heavy atom. The summed E-state index contributed by atoms with van der Waals surface area (Å²) in [5.74, 6) is -0.362. The van der Waals surface area contributed by atoms with Gasteiger partial charge in [-0.2, -0.15) is 0 Å². The van der Waals surface area contributed by atoms with Crippen molar-refractivity contribution in [1.29, 1.82) is 0 Å². The monoisotopic (exact) mass is 379 g/mol. The summed E-state index contributed by atoms with van der Waals surface area (Å²) >= 11 is 0. The van der Waals surface area contributed by atoms with Gasteiger partial charge in [0.15, 0.2) is 0 Å². The summed E-state index contributed by atoms with van der Waals surface area (Å²) in [7, 11) is 0. The average Bonchev–Trinajstić information content (AvgIpc) is 2.74. The molecule has 2 aromatic carbocycles. The lowest BCUT2D eigenvalue weighted by molar-refractivity contribution is -0.139. The van der Waals surface area contributed by atoms with E-state index in [1.54, 1.807) is 34.1 Å². The summed E-state index contributed by atoms with van der Waals surface area (Å²) in [6.45, 7) is 3.53. The van der Waals surface area contributed by atoms with Crippen LogP contribution in [-0.4, -0.2) is 59.7 Å². The van der Waals surface area contributed by atoms with Crippen LogP contribution in [0.4, 0.5) is 0 Å². The van der Waals surface area contributed by atoms with Crippen LogP contribution in [0.1, 0.15) is 22.8 Å². The smallest absolute Gasteiger partial charge is 0.251 e. The average molecular weight is 379 g/mol. The molecule has 6 nitrogen and oxygen atoms in total. The van der Waals surface area contributed by atoms with Crippen LogP contribution in [0.15, 0.2) is 60.7 Å². The Balaban J connectivity index is 1.73. The quantitative estimate of drug-likeness (QED) is 0.860. The first-order valence-corrected chi connectivity index (χ1v) is 9.49. The lowest BCUT2D eigenvalue weighted by Crippen LogP contribution is -2.56. The highest BCUT2D eigenvalue weighted by Gasteiger charge is 2.29. The van der Waals surface area contributed by atoms with Crippen molar-refractivity contribution < 1.29 is 14.4 Å². The molecule has 3 rings (SSSR count). The Morgan fingerprint density at radius 2 is 1.39 bits per heavy atom. The van der Waals surface area contributed by atoms with Crippen molar-refractivity contribution in [3.63, 3.8) is 0 Å². The second-order valence-corrected chi connectivity index (χ2v) is 6.91. The van der Waals surface area contributed by atoms with Gasteiger partial charge in [-0.3, -0.25) is 14.4 Å². The predicted molar refractivity (Wildman–Crippen MR) is 107 cm³/mol. The summed E-state index contributed by atoms with van der Waals surface area (Å²) in [6.07, 6.45) is 0.422. The SMILES string of the molecule is CC(=O)N1CCN(C(=O)[C@H](Cc2ccccc2)NC(=O)c2ccccc2)CC1. The molecule has 1 aliphatic rings. The zero-order chi connectivity index (χ0) is 19.9. The highest BCUT2D eigenvalue weighted by Crippen LogP contribution is 2.10. The number of carbonyl (C=O) groups excluding carboxylic acids is 3. The lowest BCUT2D eigenvalue weighted by Gasteiger charge is -2.36. The van der Waals surface area contributed by atoms with Crippen LogP contribution in [0, 0.1) is 0 Å². The van der Waals surface area contributed by atoms with Crippen molar-refractivity contribution >= 4 is 17.7 Å². The minimum absolute atomic E-state index is 0.0188. The summed E-state index contributed by atoms with van der Waals surface area (Å²) in [4.78, 5) is 40.8. The summed E-state index contributed by atoms with van der Waals surface area (Å²) in [6, 6.07) is 17.9. The highest BCUT2D eigenvalue weighted by atomic mass is 16.2. The molecule has 0 unspecified atom stereocenters. The molecule has 2 aromatic rings. The van der Waals surface area contributed by atoms with Gasteiger partial charge in [-0.15, -0.1) is 0 Å². The second-order valence-electron chi connectivity index (χ2n) is 6.91. The van der Waals surface area contributed by atoms with E-state index in [1.165, 1.54) is 6.92 Å². The van der Waals surface area contributed by atoms with Crippen molar-refractivity contribution in [2.75, 3.05) is 26.2 Å². The molecule has 0 aliphatic carbocycles. The van der Waals surface area contributed by atoms with Gasteiger partial charge in [-0.1, -0.05) is 48.5 Å². The molecule has 0 bridgehead atoms. The van der Waals surface area contributed by atoms with Crippen LogP contribution in [0.5, 0.6) is 0 Å². The van der Waals surface area contributed by atoms with Gasteiger partial charge in [-0.05, 0) is 17.7 Å². The first-order valence-electron chi connectivity index (χ1n) is 9.49. The van der Waals surface area contributed by atoms with E-state index < -0.39 is 6.04 Å². The Kier molecular flexibility index (Phi) is 6.42. The maximum absolute atomic E-state index is 13.2. The Bertz CT molecular complexity index is 815. The lowest BCUT2D eigenvalue weighted by atomic mass is 10.0. The molecule has 1 heterocycles. The molecule has 1 fully saturated rings. The molecular formula is C22H25N3O3. The highest BCUT2D eigenvalue weighted by molar-refractivity contribution is 5.97. The number of amides is 3. The van der Waals surface area contributed by atoms with Gasteiger partial charge >= 0.3 is 0 Å². The van der Waals surface area contributed by atoms with E-state index in [1.807, 2.05) is 36.4 Å². The van der Waals surface area contributed by atoms with E-state index in [2.05, 4.69) is 5.32 Å². The van der Waals surface area contributed by atoms with Crippen molar-refractivity contribution in [2.24, 2.45) is 0 Å². The maximum atomic E-state index is 13.2. The number of hydrogen-bond donors (Lipinski definition) is 1. The van der Waals surface area contributed by atoms with Crippen molar-refractivity contribution in [3.05, 3.63) is 71.8 Å². The van der Waals surface area contributed by atoms with Crippen LogP contribution in [-0.2, 0) is 16.0 Å². The van der Waals surface area contributed by atoms with E-state index in [9.17, 15) is 14.4 Å². The van der Waals surface area contributed by atoms with Crippen molar-refractivity contribution in [1.82, 2.24) is 15.1 Å². The first-order chi connectivity index (χ1) is 13.5. The van der Waals surface area contributed by atoms with Crippen LogP contribution in [0.25, 0.3) is 0 Å². The van der Waals surface area contributed by atoms with Gasteiger partial charge in [0.1, 0.15) is 6.04 Å². The molecule has 0 radical (unpaired) electrons. The fraction of sp³-hybridized carbons (Fsp3) is 0.318. The molecule has 0 aromatic heterocycles. The van der Waals surface area contributed by atoms with E-state index in [-0.39, 0.29) is 17.7 Å². The van der Waals surface area contributed by atoms with E-state index in [4.69, 9.17) is 0 Å². The number of nitrogens with zero attached hydrogens (tertiary/aromatic N) is 2. The second kappa shape index (κ2) is 9.17. The number of carbonyl (C=O) groups is 3. The Labute approximate surface area is 165 Å². The summed E-state index contributed by atoms with van der Waals surface area (Å²) in [5.41, 5.74) is 1.51. The van der Waals surface area contributed by atoms with Crippen LogP contribution >= 0.6 is 0 Å². The van der Waals surface area contributed by atoms with Crippen LogP contribution < -0.4 is 5.32 Å². The van der Waals surface area contributed by atoms with Gasteiger partial charge < -0.3 is 15.1 Å². The third-order valence-electron chi connectivity index (χ3n) is 4.96. The molecule has 1 N–H and O–H groups in total. The molecule has 6 heteroatoms. The predicted octanol–water partition coefficient (Wildman–Crippen LogP) is 1.72. The molecule has 1 saturated heterocycles. The van der Waals surface area contributed by atoms with Gasteiger partial charge in [0.2, 0.25) is 11.8 Å². The van der Waals surface area contributed by atoms with Gasteiger partial charge in [0.25, 0.3) is 5.91 Å². The number of piperazine rings is 1. The fourth-order valence-electron chi connectivity index (χ4n) is 3.34. The Hall–Kier alpha value is -3.15. The summed E-state index contributed by atoms with van der Waals surface area (Å²) in [5, 5.41) is 2.90. The topological polar surface area (TPSA) is 69.7 Å². The van der Waals surface area contributed by atoms with Gasteiger partial charge in [0, 0.05) is 45.1 Å². The van der Waals surface area contributed by atoms with Crippen LogP contribution in [0.2, 0.25) is 0 Å². The van der Waals surface area contributed by atoms with E-state index in [0.717, 1.165) is 5.56 Å². The normalized spacial score (nSPS) is 15.0. The summed E-state index contributed by atoms with van der Waals surface area (Å²) < 4.78 is 0. The first kappa shape index (κ1) is 19.6. The molecule has 0 spiro atoms. The van der Waals surface area contributed by atoms with Crippen molar-refractivity contribution in [2.45, 2.75) is 19.4 Å². The Morgan fingerprint density at radius 3 is 1.96 bits per heavy atom. The fourth-order valence-corrected chi connectivity index (χ4v) is 3.34. The number of hydrogen-bond acceptors (Lipinski definition) is 3.